The first-order valence-corrected chi connectivity index (χ1v) is 6.48. The van der Waals surface area contributed by atoms with Gasteiger partial charge in [0, 0.05) is 32.4 Å². The molecule has 1 aromatic carbocycles. The van der Waals surface area contributed by atoms with Crippen molar-refractivity contribution >= 4 is 17.0 Å². The lowest BCUT2D eigenvalue weighted by Gasteiger charge is -2.05. The fraction of sp³-hybridized carbons (Fsp3) is 0.286. The maximum atomic E-state index is 4.58. The van der Waals surface area contributed by atoms with Gasteiger partial charge in [-0.25, -0.2) is 9.97 Å². The van der Waals surface area contributed by atoms with Crippen LogP contribution in [0.4, 0.5) is 5.95 Å². The third-order valence-corrected chi connectivity index (χ3v) is 3.22. The molecule has 0 atom stereocenters. The molecule has 0 spiro atoms. The molecule has 0 amide bonds. The summed E-state index contributed by atoms with van der Waals surface area (Å²) in [6.45, 7) is 0.887. The molecule has 3 rings (SSSR count). The number of rotatable bonds is 5. The maximum absolute atomic E-state index is 4.58. The van der Waals surface area contributed by atoms with Crippen LogP contribution >= 0.6 is 0 Å². The molecular weight excluding hydrogens is 238 g/mol. The average Bonchev–Trinajstić information content (AvgIpc) is 3.04. The Balaban J connectivity index is 1.61. The van der Waals surface area contributed by atoms with Crippen molar-refractivity contribution in [1.82, 2.24) is 19.5 Å². The number of H-pyrrole nitrogens is 1. The number of para-hydroxylation sites is 2. The van der Waals surface area contributed by atoms with E-state index in [4.69, 9.17) is 0 Å². The summed E-state index contributed by atoms with van der Waals surface area (Å²) in [6.07, 6.45) is 5.61. The van der Waals surface area contributed by atoms with Crippen LogP contribution < -0.4 is 5.32 Å². The summed E-state index contributed by atoms with van der Waals surface area (Å²) in [6, 6.07) is 8.15. The van der Waals surface area contributed by atoms with E-state index in [1.807, 2.05) is 31.4 Å². The lowest BCUT2D eigenvalue weighted by atomic mass is 10.3. The molecule has 5 nitrogen and oxygen atoms in total. The zero-order valence-electron chi connectivity index (χ0n) is 10.9. The Hall–Kier alpha value is -2.30. The highest BCUT2D eigenvalue weighted by molar-refractivity contribution is 5.78. The van der Waals surface area contributed by atoms with Gasteiger partial charge in [0.25, 0.3) is 0 Å². The van der Waals surface area contributed by atoms with Crippen molar-refractivity contribution in [3.63, 3.8) is 0 Å². The molecule has 5 heteroatoms. The lowest BCUT2D eigenvalue weighted by Crippen LogP contribution is -2.07. The lowest BCUT2D eigenvalue weighted by molar-refractivity contribution is 0.803. The molecule has 0 radical (unpaired) electrons. The highest BCUT2D eigenvalue weighted by Gasteiger charge is 2.05. The number of aryl methyl sites for hydroxylation is 2. The Kier molecular flexibility index (Phi) is 3.18. The minimum Gasteiger partial charge on any atom is -0.356 e. The third kappa shape index (κ3) is 2.45. The molecule has 3 aromatic rings. The number of nitrogens with zero attached hydrogens (tertiary/aromatic N) is 3. The molecule has 2 N–H and O–H groups in total. The molecule has 0 aliphatic rings. The Morgan fingerprint density at radius 3 is 3.00 bits per heavy atom. The topological polar surface area (TPSA) is 58.5 Å². The number of fused-ring (bicyclic) bond motifs is 1. The van der Waals surface area contributed by atoms with Crippen LogP contribution in [0, 0.1) is 0 Å². The number of imidazole rings is 2. The monoisotopic (exact) mass is 255 g/mol. The first kappa shape index (κ1) is 11.8. The van der Waals surface area contributed by atoms with E-state index in [1.165, 1.54) is 0 Å². The molecule has 98 valence electrons. The number of aromatic amines is 1. The van der Waals surface area contributed by atoms with E-state index in [2.05, 4.69) is 30.9 Å². The van der Waals surface area contributed by atoms with Gasteiger partial charge in [-0.1, -0.05) is 12.1 Å². The highest BCUT2D eigenvalue weighted by atomic mass is 15.2. The van der Waals surface area contributed by atoms with E-state index in [0.717, 1.165) is 42.2 Å². The molecule has 0 aliphatic carbocycles. The molecule has 2 aromatic heterocycles. The molecule has 19 heavy (non-hydrogen) atoms. The van der Waals surface area contributed by atoms with Crippen molar-refractivity contribution in [1.29, 1.82) is 0 Å². The fourth-order valence-electron chi connectivity index (χ4n) is 2.19. The largest absolute Gasteiger partial charge is 0.356 e. The Morgan fingerprint density at radius 1 is 1.32 bits per heavy atom. The Bertz CT molecular complexity index is 654. The van der Waals surface area contributed by atoms with E-state index < -0.39 is 0 Å². The smallest absolute Gasteiger partial charge is 0.203 e. The summed E-state index contributed by atoms with van der Waals surface area (Å²) in [5.74, 6) is 1.95. The number of aromatic nitrogens is 4. The van der Waals surface area contributed by atoms with Gasteiger partial charge in [-0.2, -0.15) is 0 Å². The second-order valence-corrected chi connectivity index (χ2v) is 4.55. The molecule has 0 saturated carbocycles. The minimum absolute atomic E-state index is 0.887. The van der Waals surface area contributed by atoms with Gasteiger partial charge in [-0.05, 0) is 18.6 Å². The van der Waals surface area contributed by atoms with Crippen molar-refractivity contribution in [2.24, 2.45) is 7.05 Å². The first-order valence-electron chi connectivity index (χ1n) is 6.48. The zero-order chi connectivity index (χ0) is 13.1. The quantitative estimate of drug-likeness (QED) is 0.688. The summed E-state index contributed by atoms with van der Waals surface area (Å²) in [4.78, 5) is 11.9. The predicted molar refractivity (Wildman–Crippen MR) is 76.1 cm³/mol. The van der Waals surface area contributed by atoms with Crippen LogP contribution in [-0.4, -0.2) is 26.1 Å². The number of hydrogen-bond acceptors (Lipinski definition) is 3. The summed E-state index contributed by atoms with van der Waals surface area (Å²) in [5.41, 5.74) is 2.18. The minimum atomic E-state index is 0.887. The second-order valence-electron chi connectivity index (χ2n) is 4.55. The number of benzene rings is 1. The van der Waals surface area contributed by atoms with Crippen molar-refractivity contribution < 1.29 is 0 Å². The SMILES string of the molecule is Cn1c(NCCCc2ncc[nH]2)nc2ccccc21. The standard InChI is InChI=1S/C14H17N5/c1-19-12-6-3-2-5-11(12)18-14(19)17-8-4-7-13-15-9-10-16-13/h2-3,5-6,9-10H,4,7-8H2,1H3,(H,15,16)(H,17,18). The van der Waals surface area contributed by atoms with Gasteiger partial charge in [-0.3, -0.25) is 0 Å². The predicted octanol–water partition coefficient (Wildman–Crippen LogP) is 2.34. The van der Waals surface area contributed by atoms with E-state index in [1.54, 1.807) is 6.20 Å². The number of nitrogens with one attached hydrogen (secondary N) is 2. The molecule has 2 heterocycles. The summed E-state index contributed by atoms with van der Waals surface area (Å²) < 4.78 is 2.09. The van der Waals surface area contributed by atoms with Gasteiger partial charge < -0.3 is 14.9 Å². The molecule has 0 fully saturated rings. The van der Waals surface area contributed by atoms with Crippen LogP contribution in [0.25, 0.3) is 11.0 Å². The number of hydrogen-bond donors (Lipinski definition) is 2. The highest BCUT2D eigenvalue weighted by Crippen LogP contribution is 2.17. The summed E-state index contributed by atoms with van der Waals surface area (Å²) in [7, 11) is 2.03. The van der Waals surface area contributed by atoms with Crippen LogP contribution in [0.2, 0.25) is 0 Å². The Labute approximate surface area is 111 Å². The molecule has 0 bridgehead atoms. The van der Waals surface area contributed by atoms with Gasteiger partial charge >= 0.3 is 0 Å². The molecule has 0 saturated heterocycles. The van der Waals surface area contributed by atoms with Gasteiger partial charge in [0.05, 0.1) is 11.0 Å². The van der Waals surface area contributed by atoms with E-state index in [9.17, 15) is 0 Å². The van der Waals surface area contributed by atoms with Crippen LogP contribution in [0.5, 0.6) is 0 Å². The van der Waals surface area contributed by atoms with Gasteiger partial charge in [-0.15, -0.1) is 0 Å². The second kappa shape index (κ2) is 5.14. The average molecular weight is 255 g/mol. The van der Waals surface area contributed by atoms with Crippen LogP contribution in [-0.2, 0) is 13.5 Å². The van der Waals surface area contributed by atoms with E-state index in [0.29, 0.717) is 0 Å². The zero-order valence-corrected chi connectivity index (χ0v) is 10.9. The first-order chi connectivity index (χ1) is 9.34. The summed E-state index contributed by atoms with van der Waals surface area (Å²) >= 11 is 0. The van der Waals surface area contributed by atoms with Crippen molar-refractivity contribution in [3.8, 4) is 0 Å². The van der Waals surface area contributed by atoms with Crippen LogP contribution in [0.15, 0.2) is 36.7 Å². The van der Waals surface area contributed by atoms with E-state index in [-0.39, 0.29) is 0 Å². The normalized spacial score (nSPS) is 11.0. The summed E-state index contributed by atoms with van der Waals surface area (Å²) in [5, 5.41) is 3.37. The van der Waals surface area contributed by atoms with Gasteiger partial charge in [0.1, 0.15) is 5.82 Å². The Morgan fingerprint density at radius 2 is 2.21 bits per heavy atom. The van der Waals surface area contributed by atoms with Crippen molar-refractivity contribution in [2.45, 2.75) is 12.8 Å². The molecule has 0 aliphatic heterocycles. The van der Waals surface area contributed by atoms with Gasteiger partial charge in [0.2, 0.25) is 5.95 Å². The van der Waals surface area contributed by atoms with Crippen molar-refractivity contribution in [2.75, 3.05) is 11.9 Å². The molecule has 0 unspecified atom stereocenters. The van der Waals surface area contributed by atoms with E-state index >= 15 is 0 Å². The van der Waals surface area contributed by atoms with Gasteiger partial charge in [0.15, 0.2) is 0 Å². The number of anilines is 1. The fourth-order valence-corrected chi connectivity index (χ4v) is 2.19. The third-order valence-electron chi connectivity index (χ3n) is 3.22. The maximum Gasteiger partial charge on any atom is 0.203 e. The van der Waals surface area contributed by atoms with Crippen LogP contribution in [0.1, 0.15) is 12.2 Å². The molecular formula is C14H17N5. The van der Waals surface area contributed by atoms with Crippen LogP contribution in [0.3, 0.4) is 0 Å². The van der Waals surface area contributed by atoms with Crippen molar-refractivity contribution in [3.05, 3.63) is 42.5 Å².